The molecular formula is C15H18N2. The first-order chi connectivity index (χ1) is 8.36. The molecular weight excluding hydrogens is 208 g/mol. The van der Waals surface area contributed by atoms with Crippen molar-refractivity contribution in [3.05, 3.63) is 60.7 Å². The molecule has 1 atom stereocenters. The molecule has 0 saturated carbocycles. The molecule has 0 aliphatic rings. The fraction of sp³-hybridized carbons (Fsp3) is 0.200. The van der Waals surface area contributed by atoms with E-state index in [1.54, 1.807) is 0 Å². The molecule has 0 aliphatic carbocycles. The summed E-state index contributed by atoms with van der Waals surface area (Å²) < 4.78 is 0. The van der Waals surface area contributed by atoms with Crippen molar-refractivity contribution in [3.8, 4) is 0 Å². The fourth-order valence-electron chi connectivity index (χ4n) is 2.17. The van der Waals surface area contributed by atoms with Gasteiger partial charge in [0.2, 0.25) is 0 Å². The molecule has 3 N–H and O–H groups in total. The second kappa shape index (κ2) is 5.62. The average Bonchev–Trinajstić information content (AvgIpc) is 2.40. The number of hydrazine groups is 1. The van der Waals surface area contributed by atoms with Crippen LogP contribution in [0.5, 0.6) is 0 Å². The van der Waals surface area contributed by atoms with E-state index in [1.165, 1.54) is 16.3 Å². The minimum absolute atomic E-state index is 0.180. The first-order valence-corrected chi connectivity index (χ1v) is 5.91. The molecule has 0 amide bonds. The molecule has 2 heteroatoms. The summed E-state index contributed by atoms with van der Waals surface area (Å²) in [5, 5.41) is 2.52. The van der Waals surface area contributed by atoms with Crippen LogP contribution in [-0.4, -0.2) is 0 Å². The van der Waals surface area contributed by atoms with E-state index in [2.05, 4.69) is 54.5 Å². The number of hydrogen-bond donors (Lipinski definition) is 2. The Bertz CT molecular complexity index is 500. The number of nitrogens with one attached hydrogen (secondary N) is 1. The van der Waals surface area contributed by atoms with Crippen LogP contribution in [0.4, 0.5) is 0 Å². The monoisotopic (exact) mass is 226 g/mol. The van der Waals surface area contributed by atoms with Gasteiger partial charge < -0.3 is 0 Å². The molecule has 0 spiro atoms. The predicted molar refractivity (Wildman–Crippen MR) is 73.4 cm³/mol. The largest absolute Gasteiger partial charge is 0.271 e. The molecule has 17 heavy (non-hydrogen) atoms. The van der Waals surface area contributed by atoms with Gasteiger partial charge in [0.05, 0.1) is 0 Å². The van der Waals surface area contributed by atoms with Crippen molar-refractivity contribution in [1.82, 2.24) is 5.43 Å². The van der Waals surface area contributed by atoms with Crippen LogP contribution in [0.15, 0.2) is 55.1 Å². The molecule has 2 aromatic rings. The van der Waals surface area contributed by atoms with E-state index >= 15 is 0 Å². The maximum atomic E-state index is 5.65. The van der Waals surface area contributed by atoms with Gasteiger partial charge in [-0.15, -0.1) is 6.58 Å². The maximum Gasteiger partial charge on any atom is 0.0469 e. The van der Waals surface area contributed by atoms with Gasteiger partial charge >= 0.3 is 0 Å². The summed E-state index contributed by atoms with van der Waals surface area (Å²) in [4.78, 5) is 0. The highest BCUT2D eigenvalue weighted by Gasteiger charge is 2.11. The lowest BCUT2D eigenvalue weighted by Crippen LogP contribution is -2.28. The molecule has 0 bridgehead atoms. The average molecular weight is 226 g/mol. The van der Waals surface area contributed by atoms with Crippen LogP contribution >= 0.6 is 0 Å². The smallest absolute Gasteiger partial charge is 0.0469 e. The molecule has 0 radical (unpaired) electrons. The predicted octanol–water partition coefficient (Wildman–Crippen LogP) is 3.31. The van der Waals surface area contributed by atoms with Gasteiger partial charge in [-0.3, -0.25) is 11.3 Å². The van der Waals surface area contributed by atoms with Crippen molar-refractivity contribution in [2.45, 2.75) is 18.9 Å². The van der Waals surface area contributed by atoms with Gasteiger partial charge in [-0.1, -0.05) is 48.5 Å². The van der Waals surface area contributed by atoms with Crippen molar-refractivity contribution < 1.29 is 0 Å². The SMILES string of the molecule is C=CCCC(NN)c1cccc2ccccc12. The molecule has 0 aromatic heterocycles. The second-order valence-electron chi connectivity index (χ2n) is 4.15. The minimum atomic E-state index is 0.180. The Labute approximate surface area is 102 Å². The minimum Gasteiger partial charge on any atom is -0.271 e. The summed E-state index contributed by atoms with van der Waals surface area (Å²) in [5.74, 6) is 5.65. The van der Waals surface area contributed by atoms with Crippen molar-refractivity contribution in [3.63, 3.8) is 0 Å². The summed E-state index contributed by atoms with van der Waals surface area (Å²) in [6.07, 6.45) is 3.85. The summed E-state index contributed by atoms with van der Waals surface area (Å²) in [7, 11) is 0. The van der Waals surface area contributed by atoms with E-state index in [4.69, 9.17) is 5.84 Å². The van der Waals surface area contributed by atoms with E-state index in [-0.39, 0.29) is 6.04 Å². The quantitative estimate of drug-likeness (QED) is 0.466. The van der Waals surface area contributed by atoms with E-state index < -0.39 is 0 Å². The summed E-state index contributed by atoms with van der Waals surface area (Å²) in [6.45, 7) is 3.75. The van der Waals surface area contributed by atoms with Crippen molar-refractivity contribution >= 4 is 10.8 Å². The summed E-state index contributed by atoms with van der Waals surface area (Å²) in [5.41, 5.74) is 4.15. The Morgan fingerprint density at radius 1 is 1.18 bits per heavy atom. The Balaban J connectivity index is 2.42. The Kier molecular flexibility index (Phi) is 3.91. The van der Waals surface area contributed by atoms with Gasteiger partial charge in [-0.05, 0) is 29.2 Å². The van der Waals surface area contributed by atoms with Crippen LogP contribution in [-0.2, 0) is 0 Å². The van der Waals surface area contributed by atoms with Crippen molar-refractivity contribution in [2.75, 3.05) is 0 Å². The van der Waals surface area contributed by atoms with Crippen LogP contribution in [0.2, 0.25) is 0 Å². The number of allylic oxidation sites excluding steroid dienone is 1. The normalized spacial score (nSPS) is 12.5. The Morgan fingerprint density at radius 2 is 1.94 bits per heavy atom. The van der Waals surface area contributed by atoms with Crippen LogP contribution < -0.4 is 11.3 Å². The maximum absolute atomic E-state index is 5.65. The highest BCUT2D eigenvalue weighted by molar-refractivity contribution is 5.86. The molecule has 0 fully saturated rings. The van der Waals surface area contributed by atoms with Gasteiger partial charge in [0.15, 0.2) is 0 Å². The van der Waals surface area contributed by atoms with Crippen LogP contribution in [0.25, 0.3) is 10.8 Å². The molecule has 0 saturated heterocycles. The zero-order valence-corrected chi connectivity index (χ0v) is 9.89. The number of fused-ring (bicyclic) bond motifs is 1. The molecule has 0 heterocycles. The molecule has 88 valence electrons. The van der Waals surface area contributed by atoms with E-state index in [1.807, 2.05) is 6.08 Å². The number of nitrogens with two attached hydrogens (primary N) is 1. The molecule has 2 aromatic carbocycles. The summed E-state index contributed by atoms with van der Waals surface area (Å²) in [6, 6.07) is 14.9. The lowest BCUT2D eigenvalue weighted by molar-refractivity contribution is 0.524. The molecule has 1 unspecified atom stereocenters. The van der Waals surface area contributed by atoms with Gasteiger partial charge in [0.25, 0.3) is 0 Å². The van der Waals surface area contributed by atoms with E-state index in [0.717, 1.165) is 12.8 Å². The standard InChI is InChI=1S/C15H18N2/c1-2-3-11-15(17-16)14-10-6-8-12-7-4-5-9-13(12)14/h2,4-10,15,17H,1,3,11,16H2. The number of hydrogen-bond acceptors (Lipinski definition) is 2. The van der Waals surface area contributed by atoms with Gasteiger partial charge in [-0.2, -0.15) is 0 Å². The number of rotatable bonds is 5. The number of benzene rings is 2. The third-order valence-electron chi connectivity index (χ3n) is 3.06. The fourth-order valence-corrected chi connectivity index (χ4v) is 2.17. The molecule has 2 rings (SSSR count). The lowest BCUT2D eigenvalue weighted by atomic mass is 9.96. The topological polar surface area (TPSA) is 38.0 Å². The van der Waals surface area contributed by atoms with Gasteiger partial charge in [0.1, 0.15) is 0 Å². The molecule has 2 nitrogen and oxygen atoms in total. The van der Waals surface area contributed by atoms with Crippen molar-refractivity contribution in [1.29, 1.82) is 0 Å². The lowest BCUT2D eigenvalue weighted by Gasteiger charge is -2.17. The van der Waals surface area contributed by atoms with Gasteiger partial charge in [-0.25, -0.2) is 0 Å². The Morgan fingerprint density at radius 3 is 2.71 bits per heavy atom. The third-order valence-corrected chi connectivity index (χ3v) is 3.06. The zero-order valence-electron chi connectivity index (χ0n) is 9.89. The van der Waals surface area contributed by atoms with E-state index in [9.17, 15) is 0 Å². The van der Waals surface area contributed by atoms with Crippen molar-refractivity contribution in [2.24, 2.45) is 5.84 Å². The van der Waals surface area contributed by atoms with E-state index in [0.29, 0.717) is 0 Å². The third kappa shape index (κ3) is 2.54. The Hall–Kier alpha value is -1.64. The van der Waals surface area contributed by atoms with Crippen LogP contribution in [0.3, 0.4) is 0 Å². The molecule has 0 aliphatic heterocycles. The van der Waals surface area contributed by atoms with Crippen LogP contribution in [0.1, 0.15) is 24.4 Å². The summed E-state index contributed by atoms with van der Waals surface area (Å²) >= 11 is 0. The zero-order chi connectivity index (χ0) is 12.1. The van der Waals surface area contributed by atoms with Gasteiger partial charge in [0, 0.05) is 6.04 Å². The highest BCUT2D eigenvalue weighted by Crippen LogP contribution is 2.26. The highest BCUT2D eigenvalue weighted by atomic mass is 15.2. The van der Waals surface area contributed by atoms with Crippen LogP contribution in [0, 0.1) is 0 Å². The second-order valence-corrected chi connectivity index (χ2v) is 4.15. The first kappa shape index (κ1) is 11.8. The first-order valence-electron chi connectivity index (χ1n) is 5.91.